The van der Waals surface area contributed by atoms with Crippen LogP contribution in [0, 0.1) is 5.92 Å². The van der Waals surface area contributed by atoms with Crippen molar-refractivity contribution < 1.29 is 0 Å². The fourth-order valence-corrected chi connectivity index (χ4v) is 2.29. The summed E-state index contributed by atoms with van der Waals surface area (Å²) in [4.78, 5) is 7.31. The van der Waals surface area contributed by atoms with Crippen LogP contribution in [0.2, 0.25) is 0 Å². The zero-order valence-corrected chi connectivity index (χ0v) is 14.8. The van der Waals surface area contributed by atoms with Gasteiger partial charge in [0.2, 0.25) is 0 Å². The van der Waals surface area contributed by atoms with E-state index in [0.29, 0.717) is 0 Å². The first-order chi connectivity index (χ1) is 9.49. The van der Waals surface area contributed by atoms with E-state index in [1.54, 1.807) is 0 Å². The van der Waals surface area contributed by atoms with Crippen LogP contribution in [0.5, 0.6) is 0 Å². The average molecular weight is 287 g/mol. The lowest BCUT2D eigenvalue weighted by molar-refractivity contribution is 0.217. The van der Waals surface area contributed by atoms with Gasteiger partial charge in [-0.3, -0.25) is 0 Å². The van der Waals surface area contributed by atoms with E-state index in [4.69, 9.17) is 0 Å². The molecule has 1 N–H and O–H groups in total. The fraction of sp³-hybridized carbons (Fsp3) is 1.00. The molecule has 0 aromatic carbocycles. The molecule has 0 unspecified atom stereocenters. The molecule has 0 atom stereocenters. The number of rotatable bonds is 13. The van der Waals surface area contributed by atoms with E-state index in [1.165, 1.54) is 13.1 Å². The predicted molar refractivity (Wildman–Crippen MR) is 90.5 cm³/mol. The molecule has 0 bridgehead atoms. The number of likely N-dealkylation sites (N-methyl/N-ethyl adjacent to an activating group) is 2. The van der Waals surface area contributed by atoms with Crippen molar-refractivity contribution in [1.82, 2.24) is 20.0 Å². The smallest absolute Gasteiger partial charge is 0.0110 e. The normalized spacial score (nSPS) is 12.3. The minimum Gasteiger partial charge on any atom is -0.314 e. The zero-order chi connectivity index (χ0) is 15.4. The van der Waals surface area contributed by atoms with Crippen molar-refractivity contribution in [2.45, 2.75) is 27.7 Å². The molecular formula is C16H38N4. The Morgan fingerprint density at radius 1 is 0.800 bits per heavy atom. The van der Waals surface area contributed by atoms with Crippen molar-refractivity contribution in [2.24, 2.45) is 5.92 Å². The second-order valence-electron chi connectivity index (χ2n) is 6.27. The summed E-state index contributed by atoms with van der Waals surface area (Å²) in [5, 5.41) is 3.58. The van der Waals surface area contributed by atoms with E-state index >= 15 is 0 Å². The fourth-order valence-electron chi connectivity index (χ4n) is 2.29. The van der Waals surface area contributed by atoms with Gasteiger partial charge in [-0.05, 0) is 33.1 Å². The molecule has 0 amide bonds. The maximum Gasteiger partial charge on any atom is 0.0110 e. The molecule has 122 valence electrons. The van der Waals surface area contributed by atoms with Crippen molar-refractivity contribution in [3.05, 3.63) is 0 Å². The lowest BCUT2D eigenvalue weighted by atomic mass is 10.2. The molecule has 0 saturated carbocycles. The van der Waals surface area contributed by atoms with E-state index < -0.39 is 0 Å². The molecule has 0 spiro atoms. The van der Waals surface area contributed by atoms with Gasteiger partial charge >= 0.3 is 0 Å². The third kappa shape index (κ3) is 11.6. The highest BCUT2D eigenvalue weighted by molar-refractivity contribution is 4.64. The molecular weight excluding hydrogens is 248 g/mol. The van der Waals surface area contributed by atoms with E-state index in [9.17, 15) is 0 Å². The summed E-state index contributed by atoms with van der Waals surface area (Å²) in [7, 11) is 4.30. The zero-order valence-electron chi connectivity index (χ0n) is 14.8. The first kappa shape index (κ1) is 19.8. The van der Waals surface area contributed by atoms with Crippen LogP contribution in [0.25, 0.3) is 0 Å². The Labute approximate surface area is 127 Å². The number of nitrogens with zero attached hydrogens (tertiary/aromatic N) is 3. The lowest BCUT2D eigenvalue weighted by Crippen LogP contribution is -2.40. The average Bonchev–Trinajstić information content (AvgIpc) is 2.39. The maximum atomic E-state index is 3.58. The number of hydrogen-bond donors (Lipinski definition) is 1. The van der Waals surface area contributed by atoms with Crippen LogP contribution in [0.3, 0.4) is 0 Å². The molecule has 0 aromatic rings. The van der Waals surface area contributed by atoms with E-state index in [1.807, 2.05) is 0 Å². The van der Waals surface area contributed by atoms with Crippen LogP contribution in [-0.2, 0) is 0 Å². The minimum atomic E-state index is 0.743. The summed E-state index contributed by atoms with van der Waals surface area (Å²) in [6, 6.07) is 0. The highest BCUT2D eigenvalue weighted by Crippen LogP contribution is 1.98. The maximum absolute atomic E-state index is 3.58. The van der Waals surface area contributed by atoms with Crippen molar-refractivity contribution in [1.29, 1.82) is 0 Å². The van der Waals surface area contributed by atoms with Gasteiger partial charge in [0.1, 0.15) is 0 Å². The molecule has 4 nitrogen and oxygen atoms in total. The first-order valence-electron chi connectivity index (χ1n) is 8.29. The summed E-state index contributed by atoms with van der Waals surface area (Å²) in [6.45, 7) is 19.4. The second-order valence-corrected chi connectivity index (χ2v) is 6.27. The predicted octanol–water partition coefficient (Wildman–Crippen LogP) is 1.44. The van der Waals surface area contributed by atoms with Crippen molar-refractivity contribution in [2.75, 3.05) is 73.0 Å². The Kier molecular flexibility index (Phi) is 12.5. The highest BCUT2D eigenvalue weighted by Gasteiger charge is 2.07. The van der Waals surface area contributed by atoms with Crippen molar-refractivity contribution in [3.63, 3.8) is 0 Å². The van der Waals surface area contributed by atoms with Gasteiger partial charge in [0, 0.05) is 45.8 Å². The van der Waals surface area contributed by atoms with E-state index in [-0.39, 0.29) is 0 Å². The standard InChI is InChI=1S/C16H38N4/c1-7-19(8-2)11-9-17-10-12-20(15-16(3)4)14-13-18(5)6/h16-17H,7-15H2,1-6H3. The molecule has 4 heteroatoms. The van der Waals surface area contributed by atoms with Crippen LogP contribution in [-0.4, -0.2) is 87.7 Å². The highest BCUT2D eigenvalue weighted by atomic mass is 15.2. The van der Waals surface area contributed by atoms with Gasteiger partial charge in [-0.15, -0.1) is 0 Å². The molecule has 0 aliphatic rings. The molecule has 0 aliphatic carbocycles. The molecule has 0 saturated heterocycles. The van der Waals surface area contributed by atoms with Crippen LogP contribution in [0.4, 0.5) is 0 Å². The Balaban J connectivity index is 3.77. The molecule has 0 radical (unpaired) electrons. The first-order valence-corrected chi connectivity index (χ1v) is 8.29. The largest absolute Gasteiger partial charge is 0.314 e. The Bertz CT molecular complexity index is 203. The summed E-state index contributed by atoms with van der Waals surface area (Å²) in [5.74, 6) is 0.743. The summed E-state index contributed by atoms with van der Waals surface area (Å²) < 4.78 is 0. The van der Waals surface area contributed by atoms with Gasteiger partial charge in [0.25, 0.3) is 0 Å². The summed E-state index contributed by atoms with van der Waals surface area (Å²) in [6.07, 6.45) is 0. The van der Waals surface area contributed by atoms with Gasteiger partial charge in [0.05, 0.1) is 0 Å². The molecule has 0 aromatic heterocycles. The van der Waals surface area contributed by atoms with Crippen molar-refractivity contribution >= 4 is 0 Å². The van der Waals surface area contributed by atoms with Crippen LogP contribution in [0.1, 0.15) is 27.7 Å². The van der Waals surface area contributed by atoms with Gasteiger partial charge in [-0.25, -0.2) is 0 Å². The van der Waals surface area contributed by atoms with Crippen LogP contribution >= 0.6 is 0 Å². The van der Waals surface area contributed by atoms with E-state index in [0.717, 1.165) is 51.7 Å². The third-order valence-electron chi connectivity index (χ3n) is 3.59. The Morgan fingerprint density at radius 2 is 1.35 bits per heavy atom. The van der Waals surface area contributed by atoms with Crippen molar-refractivity contribution in [3.8, 4) is 0 Å². The van der Waals surface area contributed by atoms with Gasteiger partial charge < -0.3 is 20.0 Å². The SMILES string of the molecule is CCN(CC)CCNCCN(CCN(C)C)CC(C)C. The Morgan fingerprint density at radius 3 is 1.80 bits per heavy atom. The minimum absolute atomic E-state index is 0.743. The van der Waals surface area contributed by atoms with Crippen LogP contribution < -0.4 is 5.32 Å². The monoisotopic (exact) mass is 286 g/mol. The van der Waals surface area contributed by atoms with Gasteiger partial charge in [0.15, 0.2) is 0 Å². The Hall–Kier alpha value is -0.160. The number of hydrogen-bond acceptors (Lipinski definition) is 4. The molecule has 0 rings (SSSR count). The van der Waals surface area contributed by atoms with E-state index in [2.05, 4.69) is 61.8 Å². The molecule has 20 heavy (non-hydrogen) atoms. The third-order valence-corrected chi connectivity index (χ3v) is 3.59. The van der Waals surface area contributed by atoms with Crippen LogP contribution in [0.15, 0.2) is 0 Å². The second kappa shape index (κ2) is 12.6. The molecule has 0 heterocycles. The number of nitrogens with one attached hydrogen (secondary N) is 1. The molecule has 0 fully saturated rings. The van der Waals surface area contributed by atoms with Gasteiger partial charge in [-0.2, -0.15) is 0 Å². The topological polar surface area (TPSA) is 21.8 Å². The van der Waals surface area contributed by atoms with Gasteiger partial charge in [-0.1, -0.05) is 27.7 Å². The molecule has 0 aliphatic heterocycles. The summed E-state index contributed by atoms with van der Waals surface area (Å²) >= 11 is 0. The lowest BCUT2D eigenvalue weighted by Gasteiger charge is -2.26. The quantitative estimate of drug-likeness (QED) is 0.517. The summed E-state index contributed by atoms with van der Waals surface area (Å²) in [5.41, 5.74) is 0.